The van der Waals surface area contributed by atoms with Crippen LogP contribution in [0.15, 0.2) is 23.4 Å². The van der Waals surface area contributed by atoms with Crippen LogP contribution in [0.2, 0.25) is 0 Å². The topological polar surface area (TPSA) is 87.5 Å². The van der Waals surface area contributed by atoms with E-state index in [1.165, 1.54) is 6.20 Å². The minimum Gasteiger partial charge on any atom is -0.478 e. The fourth-order valence-electron chi connectivity index (χ4n) is 1.73. The number of benzene rings is 1. The van der Waals surface area contributed by atoms with E-state index in [0.29, 0.717) is 5.82 Å². The molecule has 0 spiro atoms. The normalized spacial score (nSPS) is 12.5. The van der Waals surface area contributed by atoms with Crippen molar-refractivity contribution in [2.75, 3.05) is 5.43 Å². The van der Waals surface area contributed by atoms with Gasteiger partial charge in [0.25, 0.3) is 0 Å². The highest BCUT2D eigenvalue weighted by Gasteiger charge is 2.14. The Morgan fingerprint density at radius 3 is 3.06 bits per heavy atom. The van der Waals surface area contributed by atoms with Gasteiger partial charge in [-0.25, -0.2) is 4.79 Å². The van der Waals surface area contributed by atoms with Gasteiger partial charge in [0.05, 0.1) is 18.0 Å². The molecule has 0 amide bonds. The molecule has 0 radical (unpaired) electrons. The van der Waals surface area contributed by atoms with Crippen LogP contribution in [0.25, 0.3) is 10.8 Å². The zero-order valence-corrected chi connectivity index (χ0v) is 8.01. The molecule has 1 aromatic carbocycles. The third-order valence-electron chi connectivity index (χ3n) is 2.41. The van der Waals surface area contributed by atoms with Crippen molar-refractivity contribution in [2.24, 2.45) is 5.10 Å². The Bertz CT molecular complexity index is 636. The van der Waals surface area contributed by atoms with Crippen molar-refractivity contribution in [1.82, 2.24) is 10.2 Å². The summed E-state index contributed by atoms with van der Waals surface area (Å²) in [6.07, 6.45) is 3.11. The number of carboxylic acid groups (broad SMARTS) is 1. The molecule has 1 aliphatic rings. The number of aromatic nitrogens is 2. The number of nitrogens with zero attached hydrogens (tertiary/aromatic N) is 3. The summed E-state index contributed by atoms with van der Waals surface area (Å²) in [5.41, 5.74) is 3.68. The minimum absolute atomic E-state index is 0.217. The molecule has 2 N–H and O–H groups in total. The number of nitrogens with one attached hydrogen (secondary N) is 1. The maximum Gasteiger partial charge on any atom is 0.335 e. The van der Waals surface area contributed by atoms with Gasteiger partial charge in [-0.3, -0.25) is 5.43 Å². The smallest absolute Gasteiger partial charge is 0.335 e. The second-order valence-electron chi connectivity index (χ2n) is 3.40. The van der Waals surface area contributed by atoms with Crippen LogP contribution in [0.1, 0.15) is 15.9 Å². The van der Waals surface area contributed by atoms with Gasteiger partial charge in [-0.2, -0.15) is 10.2 Å². The average Bonchev–Trinajstić information content (AvgIpc) is 2.29. The molecule has 0 bridgehead atoms. The van der Waals surface area contributed by atoms with Gasteiger partial charge in [-0.05, 0) is 12.1 Å². The average molecular weight is 214 g/mol. The molecular weight excluding hydrogens is 208 g/mol. The second-order valence-corrected chi connectivity index (χ2v) is 3.40. The standard InChI is InChI=1S/C10H6N4O2/c15-10(16)5-1-6-3-11-13-9-8(6)7(2-5)4-12-14-9/h1-4H,(H,13,14)(H,15,16). The van der Waals surface area contributed by atoms with Crippen molar-refractivity contribution in [3.05, 3.63) is 29.5 Å². The van der Waals surface area contributed by atoms with Crippen LogP contribution in [0, 0.1) is 0 Å². The first kappa shape index (κ1) is 8.78. The summed E-state index contributed by atoms with van der Waals surface area (Å²) < 4.78 is 0. The molecule has 6 heteroatoms. The van der Waals surface area contributed by atoms with Gasteiger partial charge in [0, 0.05) is 16.3 Å². The monoisotopic (exact) mass is 214 g/mol. The largest absolute Gasteiger partial charge is 0.478 e. The van der Waals surface area contributed by atoms with Gasteiger partial charge >= 0.3 is 5.97 Å². The summed E-state index contributed by atoms with van der Waals surface area (Å²) in [6, 6.07) is 3.14. The van der Waals surface area contributed by atoms with E-state index in [9.17, 15) is 4.79 Å². The predicted molar refractivity (Wildman–Crippen MR) is 57.7 cm³/mol. The van der Waals surface area contributed by atoms with E-state index in [0.717, 1.165) is 16.3 Å². The molecule has 16 heavy (non-hydrogen) atoms. The molecule has 0 saturated heterocycles. The first-order valence-corrected chi connectivity index (χ1v) is 4.57. The van der Waals surface area contributed by atoms with E-state index in [1.54, 1.807) is 18.3 Å². The quantitative estimate of drug-likeness (QED) is 0.741. The summed E-state index contributed by atoms with van der Waals surface area (Å²) >= 11 is 0. The Balaban J connectivity index is 2.43. The molecule has 3 rings (SSSR count). The van der Waals surface area contributed by atoms with E-state index < -0.39 is 5.97 Å². The lowest BCUT2D eigenvalue weighted by Crippen LogP contribution is -2.06. The van der Waals surface area contributed by atoms with Gasteiger partial charge in [-0.15, -0.1) is 5.10 Å². The Labute approximate surface area is 89.6 Å². The van der Waals surface area contributed by atoms with Crippen molar-refractivity contribution >= 4 is 28.8 Å². The SMILES string of the molecule is O=C(O)c1cc2c3c(nncc3c1)NN=C2. The van der Waals surface area contributed by atoms with Crippen LogP contribution in [-0.4, -0.2) is 27.5 Å². The zero-order valence-electron chi connectivity index (χ0n) is 8.01. The van der Waals surface area contributed by atoms with Crippen molar-refractivity contribution in [3.63, 3.8) is 0 Å². The lowest BCUT2D eigenvalue weighted by molar-refractivity contribution is 0.0697. The van der Waals surface area contributed by atoms with Crippen LogP contribution >= 0.6 is 0 Å². The molecule has 1 aliphatic heterocycles. The summed E-state index contributed by atoms with van der Waals surface area (Å²) in [6.45, 7) is 0. The first-order chi connectivity index (χ1) is 7.75. The van der Waals surface area contributed by atoms with Gasteiger partial charge in [0.2, 0.25) is 0 Å². The molecule has 0 fully saturated rings. The summed E-state index contributed by atoms with van der Waals surface area (Å²) in [7, 11) is 0. The second kappa shape index (κ2) is 2.99. The fraction of sp³-hybridized carbons (Fsp3) is 0. The molecule has 1 aromatic heterocycles. The first-order valence-electron chi connectivity index (χ1n) is 4.57. The summed E-state index contributed by atoms with van der Waals surface area (Å²) in [5, 5.41) is 22.1. The zero-order chi connectivity index (χ0) is 11.1. The lowest BCUT2D eigenvalue weighted by atomic mass is 10.0. The molecular formula is C10H6N4O2. The number of anilines is 1. The highest BCUT2D eigenvalue weighted by molar-refractivity contribution is 6.09. The van der Waals surface area contributed by atoms with E-state index in [2.05, 4.69) is 20.7 Å². The predicted octanol–water partition coefficient (Wildman–Crippen LogP) is 1.09. The van der Waals surface area contributed by atoms with Crippen molar-refractivity contribution in [2.45, 2.75) is 0 Å². The summed E-state index contributed by atoms with van der Waals surface area (Å²) in [4.78, 5) is 10.9. The Morgan fingerprint density at radius 2 is 2.25 bits per heavy atom. The molecule has 6 nitrogen and oxygen atoms in total. The number of rotatable bonds is 1. The van der Waals surface area contributed by atoms with Crippen LogP contribution in [0.3, 0.4) is 0 Å². The molecule has 78 valence electrons. The van der Waals surface area contributed by atoms with Gasteiger partial charge in [0.1, 0.15) is 0 Å². The Kier molecular flexibility index (Phi) is 1.64. The van der Waals surface area contributed by atoms with Crippen molar-refractivity contribution in [1.29, 1.82) is 0 Å². The number of aromatic carboxylic acids is 1. The van der Waals surface area contributed by atoms with Crippen LogP contribution in [0.5, 0.6) is 0 Å². The number of carbonyl (C=O) groups is 1. The highest BCUT2D eigenvalue weighted by Crippen LogP contribution is 2.27. The fourth-order valence-corrected chi connectivity index (χ4v) is 1.73. The minimum atomic E-state index is -0.969. The molecule has 2 aromatic rings. The molecule has 0 saturated carbocycles. The van der Waals surface area contributed by atoms with E-state index in [1.807, 2.05) is 0 Å². The molecule has 2 heterocycles. The molecule has 0 atom stereocenters. The van der Waals surface area contributed by atoms with E-state index in [-0.39, 0.29) is 5.56 Å². The number of hydrogen-bond donors (Lipinski definition) is 2. The molecule has 0 unspecified atom stereocenters. The lowest BCUT2D eigenvalue weighted by Gasteiger charge is -2.11. The summed E-state index contributed by atoms with van der Waals surface area (Å²) in [5.74, 6) is -0.421. The maximum absolute atomic E-state index is 10.9. The van der Waals surface area contributed by atoms with Gasteiger partial charge in [0.15, 0.2) is 5.82 Å². The van der Waals surface area contributed by atoms with Crippen LogP contribution < -0.4 is 5.43 Å². The molecule has 0 aliphatic carbocycles. The van der Waals surface area contributed by atoms with Crippen LogP contribution in [0.4, 0.5) is 5.82 Å². The number of hydrazone groups is 1. The van der Waals surface area contributed by atoms with Crippen molar-refractivity contribution < 1.29 is 9.90 Å². The van der Waals surface area contributed by atoms with E-state index >= 15 is 0 Å². The highest BCUT2D eigenvalue weighted by atomic mass is 16.4. The third kappa shape index (κ3) is 1.13. The Morgan fingerprint density at radius 1 is 1.38 bits per heavy atom. The number of hydrogen-bond acceptors (Lipinski definition) is 5. The van der Waals surface area contributed by atoms with Crippen molar-refractivity contribution in [3.8, 4) is 0 Å². The van der Waals surface area contributed by atoms with E-state index in [4.69, 9.17) is 5.11 Å². The maximum atomic E-state index is 10.9. The van der Waals surface area contributed by atoms with Gasteiger partial charge < -0.3 is 5.11 Å². The van der Waals surface area contributed by atoms with Gasteiger partial charge in [-0.1, -0.05) is 0 Å². The van der Waals surface area contributed by atoms with Crippen LogP contribution in [-0.2, 0) is 0 Å². The Hall–Kier alpha value is -2.50. The number of carboxylic acids is 1. The third-order valence-corrected chi connectivity index (χ3v) is 2.41.